The van der Waals surface area contributed by atoms with Gasteiger partial charge in [0, 0.05) is 29.4 Å². The number of benzene rings is 1. The second-order valence-corrected chi connectivity index (χ2v) is 4.79. The lowest BCUT2D eigenvalue weighted by Crippen LogP contribution is -2.01. The van der Waals surface area contributed by atoms with E-state index in [1.807, 2.05) is 19.1 Å². The number of anilines is 1. The van der Waals surface area contributed by atoms with Gasteiger partial charge in [-0.2, -0.15) is 0 Å². The second kappa shape index (κ2) is 6.64. The average Bonchev–Trinajstić information content (AvgIpc) is 2.42. The molecule has 3 nitrogen and oxygen atoms in total. The number of halogens is 2. The number of nitrogens with one attached hydrogen (secondary N) is 1. The average molecular weight is 297 g/mol. The lowest BCUT2D eigenvalue weighted by molar-refractivity contribution is 0.306. The molecule has 0 fully saturated rings. The van der Waals surface area contributed by atoms with Crippen LogP contribution in [0.2, 0.25) is 10.0 Å². The number of hydrogen-bond acceptors (Lipinski definition) is 3. The van der Waals surface area contributed by atoms with Crippen LogP contribution in [-0.2, 0) is 6.61 Å². The molecule has 1 heterocycles. The number of rotatable bonds is 5. The summed E-state index contributed by atoms with van der Waals surface area (Å²) in [5.74, 6) is 1.43. The molecule has 0 aliphatic heterocycles. The molecule has 100 valence electrons. The summed E-state index contributed by atoms with van der Waals surface area (Å²) < 4.78 is 5.63. The van der Waals surface area contributed by atoms with Crippen LogP contribution in [0.15, 0.2) is 36.5 Å². The maximum Gasteiger partial charge on any atom is 0.139 e. The van der Waals surface area contributed by atoms with E-state index in [9.17, 15) is 0 Å². The smallest absolute Gasteiger partial charge is 0.139 e. The van der Waals surface area contributed by atoms with E-state index in [2.05, 4.69) is 10.3 Å². The molecule has 0 aliphatic carbocycles. The van der Waals surface area contributed by atoms with E-state index >= 15 is 0 Å². The molecule has 2 aromatic rings. The van der Waals surface area contributed by atoms with Crippen molar-refractivity contribution in [2.45, 2.75) is 13.5 Å². The van der Waals surface area contributed by atoms with Gasteiger partial charge < -0.3 is 10.1 Å². The van der Waals surface area contributed by atoms with Crippen LogP contribution in [0.4, 0.5) is 5.82 Å². The zero-order valence-electron chi connectivity index (χ0n) is 10.5. The highest BCUT2D eigenvalue weighted by Crippen LogP contribution is 2.28. The first-order chi connectivity index (χ1) is 9.19. The molecule has 0 unspecified atom stereocenters. The lowest BCUT2D eigenvalue weighted by atomic mass is 10.3. The van der Waals surface area contributed by atoms with Crippen LogP contribution >= 0.6 is 23.2 Å². The summed E-state index contributed by atoms with van der Waals surface area (Å²) in [6, 6.07) is 9.02. The Balaban J connectivity index is 2.00. The van der Waals surface area contributed by atoms with Crippen molar-refractivity contribution in [2.75, 3.05) is 11.9 Å². The third kappa shape index (κ3) is 4.01. The normalized spacial score (nSPS) is 10.3. The largest absolute Gasteiger partial charge is 0.487 e. The molecule has 0 saturated heterocycles. The summed E-state index contributed by atoms with van der Waals surface area (Å²) in [7, 11) is 0. The Bertz CT molecular complexity index is 544. The van der Waals surface area contributed by atoms with Crippen molar-refractivity contribution in [2.24, 2.45) is 0 Å². The lowest BCUT2D eigenvalue weighted by Gasteiger charge is -2.09. The fourth-order valence-electron chi connectivity index (χ4n) is 1.54. The van der Waals surface area contributed by atoms with Gasteiger partial charge in [0.2, 0.25) is 0 Å². The van der Waals surface area contributed by atoms with E-state index in [0.717, 1.165) is 17.9 Å². The Kier molecular flexibility index (Phi) is 4.88. The molecular formula is C14H14Cl2N2O. The third-order valence-electron chi connectivity index (χ3n) is 2.47. The monoisotopic (exact) mass is 296 g/mol. The predicted molar refractivity (Wildman–Crippen MR) is 79.2 cm³/mol. The van der Waals surface area contributed by atoms with E-state index in [1.165, 1.54) is 0 Å². The quantitative estimate of drug-likeness (QED) is 0.888. The molecule has 19 heavy (non-hydrogen) atoms. The molecule has 0 saturated carbocycles. The molecule has 0 atom stereocenters. The van der Waals surface area contributed by atoms with Gasteiger partial charge in [-0.1, -0.05) is 29.3 Å². The highest BCUT2D eigenvalue weighted by atomic mass is 35.5. The van der Waals surface area contributed by atoms with Crippen LogP contribution in [0, 0.1) is 0 Å². The summed E-state index contributed by atoms with van der Waals surface area (Å²) in [5, 5.41) is 4.28. The van der Waals surface area contributed by atoms with E-state index in [0.29, 0.717) is 22.4 Å². The van der Waals surface area contributed by atoms with Gasteiger partial charge in [-0.15, -0.1) is 0 Å². The molecule has 0 amide bonds. The molecular weight excluding hydrogens is 283 g/mol. The Hall–Kier alpha value is -1.45. The van der Waals surface area contributed by atoms with Gasteiger partial charge in [0.1, 0.15) is 18.2 Å². The zero-order valence-corrected chi connectivity index (χ0v) is 12.0. The first kappa shape index (κ1) is 14.0. The van der Waals surface area contributed by atoms with Crippen LogP contribution in [0.3, 0.4) is 0 Å². The van der Waals surface area contributed by atoms with Gasteiger partial charge in [-0.25, -0.2) is 4.98 Å². The van der Waals surface area contributed by atoms with Crippen molar-refractivity contribution >= 4 is 29.0 Å². The highest BCUT2D eigenvalue weighted by molar-refractivity contribution is 6.34. The minimum Gasteiger partial charge on any atom is -0.487 e. The van der Waals surface area contributed by atoms with Crippen LogP contribution in [0.5, 0.6) is 5.75 Å². The maximum absolute atomic E-state index is 6.02. The fourth-order valence-corrected chi connectivity index (χ4v) is 1.88. The van der Waals surface area contributed by atoms with Crippen molar-refractivity contribution in [3.05, 3.63) is 52.1 Å². The third-order valence-corrected chi connectivity index (χ3v) is 3.02. The van der Waals surface area contributed by atoms with Crippen molar-refractivity contribution in [3.63, 3.8) is 0 Å². The van der Waals surface area contributed by atoms with Gasteiger partial charge in [-0.3, -0.25) is 0 Å². The van der Waals surface area contributed by atoms with Crippen molar-refractivity contribution in [1.29, 1.82) is 0 Å². The number of aromatic nitrogens is 1. The molecule has 0 radical (unpaired) electrons. The van der Waals surface area contributed by atoms with Crippen LogP contribution < -0.4 is 10.1 Å². The summed E-state index contributed by atoms with van der Waals surface area (Å²) >= 11 is 11.9. The Morgan fingerprint density at radius 3 is 2.74 bits per heavy atom. The van der Waals surface area contributed by atoms with Gasteiger partial charge in [0.15, 0.2) is 0 Å². The van der Waals surface area contributed by atoms with Crippen molar-refractivity contribution < 1.29 is 4.74 Å². The van der Waals surface area contributed by atoms with Crippen LogP contribution in [-0.4, -0.2) is 11.5 Å². The van der Waals surface area contributed by atoms with Gasteiger partial charge in [0.05, 0.1) is 5.02 Å². The van der Waals surface area contributed by atoms with Crippen molar-refractivity contribution in [3.8, 4) is 5.75 Å². The molecule has 0 bridgehead atoms. The van der Waals surface area contributed by atoms with Gasteiger partial charge >= 0.3 is 0 Å². The van der Waals surface area contributed by atoms with Crippen LogP contribution in [0.1, 0.15) is 12.5 Å². The minimum atomic E-state index is 0.402. The number of nitrogens with zero attached hydrogens (tertiary/aromatic N) is 1. The molecule has 0 spiro atoms. The molecule has 1 N–H and O–H groups in total. The summed E-state index contributed by atoms with van der Waals surface area (Å²) in [6.07, 6.45) is 1.77. The van der Waals surface area contributed by atoms with E-state index in [1.54, 1.807) is 24.4 Å². The van der Waals surface area contributed by atoms with E-state index < -0.39 is 0 Å². The Labute approximate surface area is 122 Å². The topological polar surface area (TPSA) is 34.1 Å². The van der Waals surface area contributed by atoms with Gasteiger partial charge in [-0.05, 0) is 25.1 Å². The van der Waals surface area contributed by atoms with Crippen molar-refractivity contribution in [1.82, 2.24) is 4.98 Å². The maximum atomic E-state index is 6.02. The molecule has 0 aliphatic rings. The molecule has 1 aromatic carbocycles. The van der Waals surface area contributed by atoms with E-state index in [4.69, 9.17) is 27.9 Å². The number of hydrogen-bond donors (Lipinski definition) is 1. The zero-order chi connectivity index (χ0) is 13.7. The number of pyridine rings is 1. The van der Waals surface area contributed by atoms with Gasteiger partial charge in [0.25, 0.3) is 0 Å². The second-order valence-electron chi connectivity index (χ2n) is 3.95. The van der Waals surface area contributed by atoms with E-state index in [-0.39, 0.29) is 0 Å². The summed E-state index contributed by atoms with van der Waals surface area (Å²) in [5.41, 5.74) is 0.970. The minimum absolute atomic E-state index is 0.402. The molecule has 5 heteroatoms. The number of ether oxygens (including phenoxy) is 1. The Morgan fingerprint density at radius 2 is 2.05 bits per heavy atom. The highest BCUT2D eigenvalue weighted by Gasteiger charge is 2.03. The summed E-state index contributed by atoms with van der Waals surface area (Å²) in [4.78, 5) is 4.27. The standard InChI is InChI=1S/C14H14Cl2N2O/c1-2-17-14-6-3-10(8-18-14)9-19-13-7-11(15)4-5-12(13)16/h3-8H,2,9H2,1H3,(H,17,18). The Morgan fingerprint density at radius 1 is 1.21 bits per heavy atom. The SMILES string of the molecule is CCNc1ccc(COc2cc(Cl)ccc2Cl)cn1. The molecule has 2 rings (SSSR count). The fraction of sp³-hybridized carbons (Fsp3) is 0.214. The first-order valence-electron chi connectivity index (χ1n) is 5.95. The first-order valence-corrected chi connectivity index (χ1v) is 6.71. The molecule has 1 aromatic heterocycles. The van der Waals surface area contributed by atoms with Crippen LogP contribution in [0.25, 0.3) is 0 Å². The summed E-state index contributed by atoms with van der Waals surface area (Å²) in [6.45, 7) is 3.28. The predicted octanol–water partition coefficient (Wildman–Crippen LogP) is 4.40.